The van der Waals surface area contributed by atoms with Crippen LogP contribution in [-0.4, -0.2) is 12.6 Å². The van der Waals surface area contributed by atoms with Crippen molar-refractivity contribution >= 4 is 43.2 Å². The Hall–Kier alpha value is -0.360. The summed E-state index contributed by atoms with van der Waals surface area (Å²) in [5.41, 5.74) is 1.31. The first-order chi connectivity index (χ1) is 10.2. The van der Waals surface area contributed by atoms with Crippen LogP contribution in [0.2, 0.25) is 0 Å². The number of ether oxygens (including phenoxy) is 1. The van der Waals surface area contributed by atoms with Crippen molar-refractivity contribution in [2.45, 2.75) is 31.9 Å². The highest BCUT2D eigenvalue weighted by Gasteiger charge is 2.32. The van der Waals surface area contributed by atoms with Crippen LogP contribution >= 0.6 is 43.2 Å². The fourth-order valence-corrected chi connectivity index (χ4v) is 4.84. The van der Waals surface area contributed by atoms with Crippen LogP contribution in [0.25, 0.3) is 0 Å². The van der Waals surface area contributed by atoms with Gasteiger partial charge in [0.1, 0.15) is 11.9 Å². The van der Waals surface area contributed by atoms with Crippen LogP contribution in [0.15, 0.2) is 38.6 Å². The van der Waals surface area contributed by atoms with Crippen LogP contribution < -0.4 is 10.1 Å². The second-order valence-electron chi connectivity index (χ2n) is 5.17. The number of fused-ring (bicyclic) bond motifs is 1. The number of hydrogen-bond acceptors (Lipinski definition) is 3. The molecule has 21 heavy (non-hydrogen) atoms. The second-order valence-corrected chi connectivity index (χ2v) is 8.43. The first-order valence-corrected chi connectivity index (χ1v) is 9.52. The summed E-state index contributed by atoms with van der Waals surface area (Å²) in [4.78, 5) is 1.31. The molecule has 1 aliphatic heterocycles. The Labute approximate surface area is 146 Å². The van der Waals surface area contributed by atoms with E-state index in [9.17, 15) is 0 Å². The van der Waals surface area contributed by atoms with E-state index in [1.807, 2.05) is 6.07 Å². The third kappa shape index (κ3) is 3.36. The Kier molecular flexibility index (Phi) is 5.04. The molecule has 0 amide bonds. The first kappa shape index (κ1) is 15.5. The zero-order chi connectivity index (χ0) is 14.8. The van der Waals surface area contributed by atoms with Gasteiger partial charge in [-0.25, -0.2) is 0 Å². The molecule has 2 nitrogen and oxygen atoms in total. The monoisotopic (exact) mass is 429 g/mol. The van der Waals surface area contributed by atoms with E-state index in [1.54, 1.807) is 11.3 Å². The first-order valence-electron chi connectivity index (χ1n) is 7.11. The van der Waals surface area contributed by atoms with Gasteiger partial charge in [0, 0.05) is 15.8 Å². The summed E-state index contributed by atoms with van der Waals surface area (Å²) < 4.78 is 8.43. The molecule has 1 aliphatic rings. The van der Waals surface area contributed by atoms with E-state index < -0.39 is 0 Å². The van der Waals surface area contributed by atoms with Gasteiger partial charge in [-0.05, 0) is 62.5 Å². The molecule has 2 heterocycles. The van der Waals surface area contributed by atoms with Crippen LogP contribution in [0.3, 0.4) is 0 Å². The quantitative estimate of drug-likeness (QED) is 0.693. The SMILES string of the molecule is CCCNC(c1cc(Br)c(Br)s1)C1Cc2ccccc2O1. The van der Waals surface area contributed by atoms with E-state index in [4.69, 9.17) is 4.74 Å². The van der Waals surface area contributed by atoms with E-state index >= 15 is 0 Å². The minimum atomic E-state index is 0.159. The van der Waals surface area contributed by atoms with Gasteiger partial charge in [-0.1, -0.05) is 25.1 Å². The molecule has 112 valence electrons. The van der Waals surface area contributed by atoms with Gasteiger partial charge in [-0.3, -0.25) is 0 Å². The molecule has 0 saturated carbocycles. The number of para-hydroxylation sites is 1. The minimum Gasteiger partial charge on any atom is -0.488 e. The number of nitrogens with one attached hydrogen (secondary N) is 1. The molecular formula is C16H17Br2NOS. The van der Waals surface area contributed by atoms with Crippen molar-refractivity contribution in [1.29, 1.82) is 0 Å². The summed E-state index contributed by atoms with van der Waals surface area (Å²) in [5.74, 6) is 1.03. The Morgan fingerprint density at radius 1 is 1.38 bits per heavy atom. The van der Waals surface area contributed by atoms with Crippen LogP contribution in [0.1, 0.15) is 29.8 Å². The fourth-order valence-electron chi connectivity index (χ4n) is 2.63. The molecule has 0 radical (unpaired) electrons. The van der Waals surface area contributed by atoms with Crippen LogP contribution in [0.5, 0.6) is 5.75 Å². The zero-order valence-corrected chi connectivity index (χ0v) is 15.7. The highest BCUT2D eigenvalue weighted by atomic mass is 79.9. The maximum Gasteiger partial charge on any atom is 0.123 e. The van der Waals surface area contributed by atoms with Gasteiger partial charge in [0.2, 0.25) is 0 Å². The molecule has 0 saturated heterocycles. The molecule has 0 bridgehead atoms. The number of hydrogen-bond donors (Lipinski definition) is 1. The summed E-state index contributed by atoms with van der Waals surface area (Å²) in [6, 6.07) is 10.8. The summed E-state index contributed by atoms with van der Waals surface area (Å²) >= 11 is 8.94. The fraction of sp³-hybridized carbons (Fsp3) is 0.375. The maximum atomic E-state index is 6.18. The lowest BCUT2D eigenvalue weighted by atomic mass is 10.0. The Morgan fingerprint density at radius 2 is 2.19 bits per heavy atom. The molecule has 1 aromatic carbocycles. The number of benzene rings is 1. The van der Waals surface area contributed by atoms with Gasteiger partial charge in [-0.15, -0.1) is 11.3 Å². The molecule has 3 rings (SSSR count). The topological polar surface area (TPSA) is 21.3 Å². The van der Waals surface area contributed by atoms with Crippen LogP contribution in [0, 0.1) is 0 Å². The highest BCUT2D eigenvalue weighted by molar-refractivity contribution is 9.13. The lowest BCUT2D eigenvalue weighted by Gasteiger charge is -2.23. The van der Waals surface area contributed by atoms with E-state index in [-0.39, 0.29) is 12.1 Å². The molecule has 2 aromatic rings. The summed E-state index contributed by atoms with van der Waals surface area (Å²) in [7, 11) is 0. The molecule has 0 fully saturated rings. The highest BCUT2D eigenvalue weighted by Crippen LogP contribution is 2.40. The summed E-state index contributed by atoms with van der Waals surface area (Å²) in [6.45, 7) is 3.18. The van der Waals surface area contributed by atoms with Gasteiger partial charge in [0.15, 0.2) is 0 Å². The second kappa shape index (κ2) is 6.82. The molecule has 1 N–H and O–H groups in total. The van der Waals surface area contributed by atoms with Gasteiger partial charge in [0.25, 0.3) is 0 Å². The van der Waals surface area contributed by atoms with E-state index in [0.717, 1.165) is 33.4 Å². The maximum absolute atomic E-state index is 6.18. The number of halogens is 2. The molecule has 1 aromatic heterocycles. The van der Waals surface area contributed by atoms with Crippen molar-refractivity contribution in [2.24, 2.45) is 0 Å². The molecular weight excluding hydrogens is 414 g/mol. The average molecular weight is 431 g/mol. The van der Waals surface area contributed by atoms with Crippen molar-refractivity contribution < 1.29 is 4.74 Å². The average Bonchev–Trinajstić information content (AvgIpc) is 3.04. The van der Waals surface area contributed by atoms with Gasteiger partial charge >= 0.3 is 0 Å². The van der Waals surface area contributed by atoms with Crippen molar-refractivity contribution in [2.75, 3.05) is 6.54 Å². The van der Waals surface area contributed by atoms with E-state index in [0.29, 0.717) is 0 Å². The summed E-state index contributed by atoms with van der Waals surface area (Å²) in [5, 5.41) is 3.65. The number of thiophene rings is 1. The van der Waals surface area contributed by atoms with E-state index in [1.165, 1.54) is 10.4 Å². The smallest absolute Gasteiger partial charge is 0.123 e. The standard InChI is InChI=1S/C16H17Br2NOS/c1-2-7-19-15(14-9-11(17)16(18)21-14)13-8-10-5-3-4-6-12(10)20-13/h3-6,9,13,15,19H,2,7-8H2,1H3. The van der Waals surface area contributed by atoms with Crippen LogP contribution in [-0.2, 0) is 6.42 Å². The minimum absolute atomic E-state index is 0.159. The van der Waals surface area contributed by atoms with Gasteiger partial charge in [0.05, 0.1) is 9.83 Å². The molecule has 0 aliphatic carbocycles. The van der Waals surface area contributed by atoms with Crippen molar-refractivity contribution in [3.8, 4) is 5.75 Å². The number of rotatable bonds is 5. The molecule has 0 spiro atoms. The van der Waals surface area contributed by atoms with Crippen LogP contribution in [0.4, 0.5) is 0 Å². The Balaban J connectivity index is 1.84. The third-order valence-electron chi connectivity index (χ3n) is 3.63. The van der Waals surface area contributed by atoms with Gasteiger partial charge in [-0.2, -0.15) is 0 Å². The normalized spacial score (nSPS) is 18.3. The van der Waals surface area contributed by atoms with Crippen molar-refractivity contribution in [3.05, 3.63) is 49.0 Å². The van der Waals surface area contributed by atoms with E-state index in [2.05, 4.69) is 68.4 Å². The zero-order valence-electron chi connectivity index (χ0n) is 11.7. The Bertz CT molecular complexity index is 584. The molecule has 2 unspecified atom stereocenters. The predicted molar refractivity (Wildman–Crippen MR) is 95.3 cm³/mol. The van der Waals surface area contributed by atoms with Crippen molar-refractivity contribution in [3.63, 3.8) is 0 Å². The predicted octanol–water partition coefficient (Wildman–Crippen LogP) is 5.32. The lowest BCUT2D eigenvalue weighted by Crippen LogP contribution is -2.34. The Morgan fingerprint density at radius 3 is 2.86 bits per heavy atom. The summed E-state index contributed by atoms with van der Waals surface area (Å²) in [6.07, 6.45) is 2.24. The molecule has 5 heteroatoms. The lowest BCUT2D eigenvalue weighted by molar-refractivity contribution is 0.180. The van der Waals surface area contributed by atoms with Crippen molar-refractivity contribution in [1.82, 2.24) is 5.32 Å². The largest absolute Gasteiger partial charge is 0.488 e. The molecule has 2 atom stereocenters. The third-order valence-corrected chi connectivity index (χ3v) is 6.97. The van der Waals surface area contributed by atoms with Gasteiger partial charge < -0.3 is 10.1 Å².